The number of alkyl halides is 3. The molecule has 0 saturated heterocycles. The first-order chi connectivity index (χ1) is 13.9. The van der Waals surface area contributed by atoms with E-state index in [9.17, 15) is 26.4 Å². The van der Waals surface area contributed by atoms with Gasteiger partial charge in [-0.1, -0.05) is 46.8 Å². The Hall–Kier alpha value is -3.14. The van der Waals surface area contributed by atoms with E-state index >= 15 is 0 Å². The lowest BCUT2D eigenvalue weighted by molar-refractivity contribution is -0.161. The third-order valence-corrected chi connectivity index (χ3v) is 5.36. The topological polar surface area (TPSA) is 78.3 Å². The van der Waals surface area contributed by atoms with Crippen LogP contribution < -0.4 is 4.84 Å². The van der Waals surface area contributed by atoms with Crippen molar-refractivity contribution in [3.63, 3.8) is 0 Å². The quantitative estimate of drug-likeness (QED) is 0.617. The van der Waals surface area contributed by atoms with Gasteiger partial charge in [0.25, 0.3) is 0 Å². The van der Waals surface area contributed by atoms with Gasteiger partial charge in [-0.15, -0.1) is 5.10 Å². The van der Waals surface area contributed by atoms with E-state index in [4.69, 9.17) is 0 Å². The van der Waals surface area contributed by atoms with Crippen molar-refractivity contribution < 1.29 is 31.2 Å². The van der Waals surface area contributed by atoms with Crippen molar-refractivity contribution in [1.82, 2.24) is 9.94 Å². The maximum Gasteiger partial charge on any atom is 0.437 e. The van der Waals surface area contributed by atoms with Crippen LogP contribution in [-0.4, -0.2) is 30.6 Å². The predicted molar refractivity (Wildman–Crippen MR) is 103 cm³/mol. The van der Waals surface area contributed by atoms with Gasteiger partial charge in [0, 0.05) is 24.3 Å². The lowest BCUT2D eigenvalue weighted by Gasteiger charge is -2.12. The standard InChI is InChI=1S/C20H17F3N2O4S/c1-12-4-6-14(7-5-12)17-18(15-8-10-16(11-9-15)30(3,27)28)24-25(29-13(2)26)19(17)20(21,22)23/h4-11H,1-3H3. The van der Waals surface area contributed by atoms with E-state index in [1.54, 1.807) is 19.1 Å². The van der Waals surface area contributed by atoms with Gasteiger partial charge >= 0.3 is 12.1 Å². The average Bonchev–Trinajstić information content (AvgIpc) is 3.00. The Kier molecular flexibility index (Phi) is 5.46. The van der Waals surface area contributed by atoms with Crippen LogP contribution in [0.3, 0.4) is 0 Å². The van der Waals surface area contributed by atoms with Gasteiger partial charge < -0.3 is 4.84 Å². The van der Waals surface area contributed by atoms with Crippen molar-refractivity contribution >= 4 is 15.8 Å². The minimum atomic E-state index is -4.88. The van der Waals surface area contributed by atoms with Crippen molar-refractivity contribution in [2.45, 2.75) is 24.9 Å². The molecule has 0 spiro atoms. The van der Waals surface area contributed by atoms with Crippen molar-refractivity contribution in [2.24, 2.45) is 0 Å². The van der Waals surface area contributed by atoms with Gasteiger partial charge in [-0.2, -0.15) is 13.2 Å². The summed E-state index contributed by atoms with van der Waals surface area (Å²) in [7, 11) is -3.49. The van der Waals surface area contributed by atoms with Crippen molar-refractivity contribution in [2.75, 3.05) is 6.26 Å². The lowest BCUT2D eigenvalue weighted by atomic mass is 9.98. The molecule has 6 nitrogen and oxygen atoms in total. The second-order valence-corrected chi connectivity index (χ2v) is 8.70. The third kappa shape index (κ3) is 4.38. The number of carbonyl (C=O) groups is 1. The molecule has 1 heterocycles. The zero-order valence-corrected chi connectivity index (χ0v) is 17.0. The summed E-state index contributed by atoms with van der Waals surface area (Å²) >= 11 is 0. The molecule has 2 aromatic carbocycles. The molecular formula is C20H17F3N2O4S. The van der Waals surface area contributed by atoms with Crippen LogP contribution in [0.2, 0.25) is 0 Å². The summed E-state index contributed by atoms with van der Waals surface area (Å²) in [5.74, 6) is -0.975. The SMILES string of the molecule is CC(=O)On1nc(-c2ccc(S(C)(=O)=O)cc2)c(-c2ccc(C)cc2)c1C(F)(F)F. The van der Waals surface area contributed by atoms with E-state index in [1.807, 2.05) is 0 Å². The Labute approximate surface area is 170 Å². The highest BCUT2D eigenvalue weighted by Gasteiger charge is 2.42. The molecule has 0 unspecified atom stereocenters. The maximum absolute atomic E-state index is 13.9. The van der Waals surface area contributed by atoms with Crippen LogP contribution in [-0.2, 0) is 20.8 Å². The van der Waals surface area contributed by atoms with Crippen LogP contribution in [0.15, 0.2) is 53.4 Å². The van der Waals surface area contributed by atoms with Crippen LogP contribution in [0.5, 0.6) is 0 Å². The first-order valence-electron chi connectivity index (χ1n) is 8.64. The van der Waals surface area contributed by atoms with E-state index in [0.29, 0.717) is 0 Å². The number of hydrogen-bond donors (Lipinski definition) is 0. The van der Waals surface area contributed by atoms with Crippen molar-refractivity contribution in [3.05, 3.63) is 59.8 Å². The van der Waals surface area contributed by atoms with Crippen LogP contribution in [0.25, 0.3) is 22.4 Å². The van der Waals surface area contributed by atoms with E-state index in [-0.39, 0.29) is 32.1 Å². The molecule has 30 heavy (non-hydrogen) atoms. The Morgan fingerprint density at radius 2 is 1.53 bits per heavy atom. The molecule has 3 rings (SSSR count). The minimum Gasteiger partial charge on any atom is -0.319 e. The Morgan fingerprint density at radius 3 is 2.00 bits per heavy atom. The van der Waals surface area contributed by atoms with Gasteiger partial charge in [0.2, 0.25) is 0 Å². The molecule has 3 aromatic rings. The number of nitrogens with zero attached hydrogens (tertiary/aromatic N) is 2. The van der Waals surface area contributed by atoms with Gasteiger partial charge in [-0.25, -0.2) is 13.2 Å². The van der Waals surface area contributed by atoms with E-state index < -0.39 is 27.7 Å². The van der Waals surface area contributed by atoms with Crippen LogP contribution in [0.4, 0.5) is 13.2 Å². The number of sulfone groups is 1. The minimum absolute atomic E-state index is 0.0126. The second kappa shape index (κ2) is 7.60. The summed E-state index contributed by atoms with van der Waals surface area (Å²) < 4.78 is 65.2. The summed E-state index contributed by atoms with van der Waals surface area (Å²) in [5.41, 5.74) is -0.339. The van der Waals surface area contributed by atoms with Crippen LogP contribution >= 0.6 is 0 Å². The van der Waals surface area contributed by atoms with Crippen molar-refractivity contribution in [1.29, 1.82) is 0 Å². The molecule has 0 amide bonds. The normalized spacial score (nSPS) is 12.1. The molecule has 0 radical (unpaired) electrons. The number of benzene rings is 2. The van der Waals surface area contributed by atoms with Crippen LogP contribution in [0, 0.1) is 6.92 Å². The molecule has 0 aliphatic heterocycles. The first-order valence-corrected chi connectivity index (χ1v) is 10.5. The number of hydrogen-bond acceptors (Lipinski definition) is 5. The molecule has 10 heteroatoms. The molecule has 0 fully saturated rings. The highest BCUT2D eigenvalue weighted by atomic mass is 32.2. The van der Waals surface area contributed by atoms with Crippen molar-refractivity contribution in [3.8, 4) is 22.4 Å². The monoisotopic (exact) mass is 438 g/mol. The fourth-order valence-corrected chi connectivity index (χ4v) is 3.52. The molecule has 1 aromatic heterocycles. The molecule has 0 aliphatic carbocycles. The van der Waals surface area contributed by atoms with Gasteiger partial charge in [0.05, 0.1) is 4.90 Å². The molecule has 0 bridgehead atoms. The largest absolute Gasteiger partial charge is 0.437 e. The average molecular weight is 438 g/mol. The first kappa shape index (κ1) is 21.6. The summed E-state index contributed by atoms with van der Waals surface area (Å²) in [4.78, 5) is 16.2. The Bertz CT molecular complexity index is 1200. The molecule has 0 atom stereocenters. The van der Waals surface area contributed by atoms with Crippen LogP contribution in [0.1, 0.15) is 18.2 Å². The third-order valence-electron chi connectivity index (χ3n) is 4.24. The summed E-state index contributed by atoms with van der Waals surface area (Å²) in [6.07, 6.45) is -3.86. The number of aromatic nitrogens is 2. The molecule has 0 saturated carbocycles. The zero-order chi connectivity index (χ0) is 22.3. The van der Waals surface area contributed by atoms with Gasteiger partial charge in [0.1, 0.15) is 5.69 Å². The summed E-state index contributed by atoms with van der Waals surface area (Å²) in [6.45, 7) is 2.76. The number of aryl methyl sites for hydroxylation is 1. The van der Waals surface area contributed by atoms with E-state index in [2.05, 4.69) is 9.94 Å². The predicted octanol–water partition coefficient (Wildman–Crippen LogP) is 3.92. The number of halogens is 3. The zero-order valence-electron chi connectivity index (χ0n) is 16.2. The molecule has 158 valence electrons. The summed E-state index contributed by atoms with van der Waals surface area (Å²) in [6, 6.07) is 11.6. The fourth-order valence-electron chi connectivity index (χ4n) is 2.89. The smallest absolute Gasteiger partial charge is 0.319 e. The summed E-state index contributed by atoms with van der Waals surface area (Å²) in [5, 5.41) is 3.88. The fraction of sp³-hybridized carbons (Fsp3) is 0.200. The Morgan fingerprint density at radius 1 is 1.00 bits per heavy atom. The van der Waals surface area contributed by atoms with Gasteiger partial charge in [-0.05, 0) is 24.6 Å². The number of rotatable bonds is 4. The molecule has 0 N–H and O–H groups in total. The van der Waals surface area contributed by atoms with Gasteiger partial charge in [0.15, 0.2) is 15.5 Å². The lowest BCUT2D eigenvalue weighted by Crippen LogP contribution is -2.24. The molecule has 0 aliphatic rings. The van der Waals surface area contributed by atoms with E-state index in [0.717, 1.165) is 18.7 Å². The Balaban J connectivity index is 2.32. The number of carbonyl (C=O) groups excluding carboxylic acids is 1. The highest BCUT2D eigenvalue weighted by Crippen LogP contribution is 2.42. The van der Waals surface area contributed by atoms with E-state index in [1.165, 1.54) is 36.4 Å². The molecular weight excluding hydrogens is 421 g/mol. The second-order valence-electron chi connectivity index (χ2n) is 6.69. The maximum atomic E-state index is 13.9. The van der Waals surface area contributed by atoms with Gasteiger partial charge in [-0.3, -0.25) is 0 Å². The highest BCUT2D eigenvalue weighted by molar-refractivity contribution is 7.90.